The first-order chi connectivity index (χ1) is 8.06. The summed E-state index contributed by atoms with van der Waals surface area (Å²) in [6, 6.07) is 2.58. The van der Waals surface area contributed by atoms with Gasteiger partial charge in [0.25, 0.3) is 5.69 Å². The van der Waals surface area contributed by atoms with Crippen molar-refractivity contribution in [3.8, 4) is 0 Å². The van der Waals surface area contributed by atoms with Crippen LogP contribution in [0.4, 0.5) is 16.3 Å². The molecule has 0 atom stereocenters. The summed E-state index contributed by atoms with van der Waals surface area (Å²) in [5.41, 5.74) is -0.158. The molecule has 92 valence electrons. The van der Waals surface area contributed by atoms with Gasteiger partial charge in [-0.05, 0) is 12.5 Å². The minimum Gasteiger partial charge on any atom is -0.465 e. The summed E-state index contributed by atoms with van der Waals surface area (Å²) in [6.45, 7) is 2.28. The molecule has 0 saturated heterocycles. The maximum atomic E-state index is 11.0. The number of aromatic nitrogens is 1. The monoisotopic (exact) mass is 239 g/mol. The topological polar surface area (TPSA) is 96.6 Å². The van der Waals surface area contributed by atoms with E-state index >= 15 is 0 Å². The summed E-state index contributed by atoms with van der Waals surface area (Å²) >= 11 is 0. The van der Waals surface area contributed by atoms with E-state index in [1.54, 1.807) is 0 Å². The fourth-order valence-corrected chi connectivity index (χ4v) is 1.27. The molecule has 0 aliphatic rings. The van der Waals surface area contributed by atoms with Crippen molar-refractivity contribution in [1.29, 1.82) is 0 Å². The van der Waals surface area contributed by atoms with E-state index in [2.05, 4.69) is 4.98 Å². The fourth-order valence-electron chi connectivity index (χ4n) is 1.27. The van der Waals surface area contributed by atoms with Crippen molar-refractivity contribution in [2.75, 3.05) is 11.4 Å². The van der Waals surface area contributed by atoms with E-state index in [4.69, 9.17) is 5.11 Å². The quantitative estimate of drug-likeness (QED) is 0.628. The van der Waals surface area contributed by atoms with Crippen LogP contribution in [-0.2, 0) is 0 Å². The minimum absolute atomic E-state index is 0.158. The molecule has 1 N–H and O–H groups in total. The highest BCUT2D eigenvalue weighted by Gasteiger charge is 2.16. The van der Waals surface area contributed by atoms with Crippen LogP contribution in [0.3, 0.4) is 0 Å². The Labute approximate surface area is 97.8 Å². The normalized spacial score (nSPS) is 9.94. The van der Waals surface area contributed by atoms with Crippen LogP contribution in [0.25, 0.3) is 0 Å². The van der Waals surface area contributed by atoms with Crippen LogP contribution in [0.2, 0.25) is 0 Å². The standard InChI is InChI=1S/C10H13N3O4/c1-2-3-6-12(10(14)15)9-5-4-8(7-11-9)13(16)17/h4-5,7H,2-3,6H2,1H3,(H,14,15). The Morgan fingerprint density at radius 1 is 1.59 bits per heavy atom. The predicted molar refractivity (Wildman–Crippen MR) is 61.2 cm³/mol. The third-order valence-electron chi connectivity index (χ3n) is 2.19. The summed E-state index contributed by atoms with van der Waals surface area (Å²) < 4.78 is 0. The van der Waals surface area contributed by atoms with Crippen LogP contribution in [0.1, 0.15) is 19.8 Å². The van der Waals surface area contributed by atoms with Crippen molar-refractivity contribution >= 4 is 17.6 Å². The van der Waals surface area contributed by atoms with Crippen molar-refractivity contribution in [2.24, 2.45) is 0 Å². The third kappa shape index (κ3) is 3.40. The van der Waals surface area contributed by atoms with E-state index in [1.807, 2.05) is 6.92 Å². The lowest BCUT2D eigenvalue weighted by molar-refractivity contribution is -0.385. The summed E-state index contributed by atoms with van der Waals surface area (Å²) in [5, 5.41) is 19.4. The van der Waals surface area contributed by atoms with E-state index in [1.165, 1.54) is 12.1 Å². The molecule has 0 spiro atoms. The van der Waals surface area contributed by atoms with Gasteiger partial charge in [-0.1, -0.05) is 13.3 Å². The number of unbranched alkanes of at least 4 members (excludes halogenated alkanes) is 1. The highest BCUT2D eigenvalue weighted by atomic mass is 16.6. The first kappa shape index (κ1) is 12.9. The molecule has 1 aromatic rings. The van der Waals surface area contributed by atoms with E-state index < -0.39 is 11.0 Å². The van der Waals surface area contributed by atoms with Crippen LogP contribution in [-0.4, -0.2) is 27.7 Å². The number of carbonyl (C=O) groups is 1. The molecule has 0 saturated carbocycles. The van der Waals surface area contributed by atoms with Crippen molar-refractivity contribution in [3.05, 3.63) is 28.4 Å². The lowest BCUT2D eigenvalue weighted by Gasteiger charge is -2.17. The average Bonchev–Trinajstić information content (AvgIpc) is 2.29. The second kappa shape index (κ2) is 5.78. The molecule has 0 unspecified atom stereocenters. The third-order valence-corrected chi connectivity index (χ3v) is 2.19. The lowest BCUT2D eigenvalue weighted by atomic mass is 10.3. The lowest BCUT2D eigenvalue weighted by Crippen LogP contribution is -2.30. The van der Waals surface area contributed by atoms with Crippen LogP contribution in [0, 0.1) is 10.1 Å². The summed E-state index contributed by atoms with van der Waals surface area (Å²) in [6.07, 6.45) is 1.51. The molecule has 1 aromatic heterocycles. The maximum absolute atomic E-state index is 11.0. The Bertz CT molecular complexity index is 405. The highest BCUT2D eigenvalue weighted by molar-refractivity contribution is 5.84. The maximum Gasteiger partial charge on any atom is 0.413 e. The molecule has 0 bridgehead atoms. The zero-order valence-corrected chi connectivity index (χ0v) is 9.37. The van der Waals surface area contributed by atoms with Crippen LogP contribution < -0.4 is 4.90 Å². The van der Waals surface area contributed by atoms with Crippen molar-refractivity contribution < 1.29 is 14.8 Å². The zero-order valence-electron chi connectivity index (χ0n) is 9.37. The van der Waals surface area contributed by atoms with Crippen molar-refractivity contribution in [2.45, 2.75) is 19.8 Å². The van der Waals surface area contributed by atoms with Gasteiger partial charge in [0.2, 0.25) is 0 Å². The predicted octanol–water partition coefficient (Wildman–Crippen LogP) is 2.27. The van der Waals surface area contributed by atoms with Gasteiger partial charge >= 0.3 is 6.09 Å². The van der Waals surface area contributed by atoms with Crippen LogP contribution in [0.15, 0.2) is 18.3 Å². The van der Waals surface area contributed by atoms with E-state index in [9.17, 15) is 14.9 Å². The highest BCUT2D eigenvalue weighted by Crippen LogP contribution is 2.16. The molecule has 1 amide bonds. The Hall–Kier alpha value is -2.18. The SMILES string of the molecule is CCCCN(C(=O)O)c1ccc([N+](=O)[O-])cn1. The first-order valence-corrected chi connectivity index (χ1v) is 5.17. The van der Waals surface area contributed by atoms with E-state index in [0.717, 1.165) is 17.5 Å². The number of hydrogen-bond donors (Lipinski definition) is 1. The van der Waals surface area contributed by atoms with Gasteiger partial charge in [0, 0.05) is 12.6 Å². The van der Waals surface area contributed by atoms with E-state index in [0.29, 0.717) is 13.0 Å². The molecular formula is C10H13N3O4. The molecular weight excluding hydrogens is 226 g/mol. The zero-order chi connectivity index (χ0) is 12.8. The molecule has 0 aliphatic heterocycles. The molecule has 0 aliphatic carbocycles. The van der Waals surface area contributed by atoms with Gasteiger partial charge in [-0.15, -0.1) is 0 Å². The van der Waals surface area contributed by atoms with Crippen LogP contribution >= 0.6 is 0 Å². The Kier molecular flexibility index (Phi) is 4.38. The number of carboxylic acid groups (broad SMARTS) is 1. The van der Waals surface area contributed by atoms with Crippen molar-refractivity contribution in [3.63, 3.8) is 0 Å². The number of nitrogens with zero attached hydrogens (tertiary/aromatic N) is 3. The van der Waals surface area contributed by atoms with Gasteiger partial charge in [-0.25, -0.2) is 9.78 Å². The second-order valence-corrected chi connectivity index (χ2v) is 3.42. The molecule has 1 heterocycles. The van der Waals surface area contributed by atoms with Gasteiger partial charge in [-0.3, -0.25) is 15.0 Å². The summed E-state index contributed by atoms with van der Waals surface area (Å²) in [4.78, 5) is 25.7. The summed E-state index contributed by atoms with van der Waals surface area (Å²) in [5.74, 6) is 0.205. The Morgan fingerprint density at radius 2 is 2.29 bits per heavy atom. The number of pyridine rings is 1. The van der Waals surface area contributed by atoms with E-state index in [-0.39, 0.29) is 11.5 Å². The summed E-state index contributed by atoms with van der Waals surface area (Å²) in [7, 11) is 0. The van der Waals surface area contributed by atoms with Gasteiger partial charge in [-0.2, -0.15) is 0 Å². The fraction of sp³-hybridized carbons (Fsp3) is 0.400. The number of rotatable bonds is 5. The molecule has 1 rings (SSSR count). The van der Waals surface area contributed by atoms with Crippen LogP contribution in [0.5, 0.6) is 0 Å². The average molecular weight is 239 g/mol. The smallest absolute Gasteiger partial charge is 0.413 e. The number of amides is 1. The molecule has 17 heavy (non-hydrogen) atoms. The molecule has 0 aromatic carbocycles. The largest absolute Gasteiger partial charge is 0.465 e. The van der Waals surface area contributed by atoms with Crippen molar-refractivity contribution in [1.82, 2.24) is 4.98 Å². The van der Waals surface area contributed by atoms with Gasteiger partial charge in [0.05, 0.1) is 4.92 Å². The second-order valence-electron chi connectivity index (χ2n) is 3.42. The van der Waals surface area contributed by atoms with Gasteiger partial charge in [0.15, 0.2) is 0 Å². The molecule has 0 fully saturated rings. The number of nitro groups is 1. The number of hydrogen-bond acceptors (Lipinski definition) is 4. The Morgan fingerprint density at radius 3 is 2.71 bits per heavy atom. The van der Waals surface area contributed by atoms with Gasteiger partial charge < -0.3 is 5.11 Å². The molecule has 0 radical (unpaired) electrons. The first-order valence-electron chi connectivity index (χ1n) is 5.17. The van der Waals surface area contributed by atoms with Gasteiger partial charge in [0.1, 0.15) is 12.0 Å². The minimum atomic E-state index is -1.11. The molecule has 7 heteroatoms. The number of anilines is 1. The molecule has 7 nitrogen and oxygen atoms in total. The Balaban J connectivity index is 2.87.